The van der Waals surface area contributed by atoms with Crippen molar-refractivity contribution in [2.24, 2.45) is 5.73 Å². The number of rotatable bonds is 4. The minimum Gasteiger partial charge on any atom is -0.330 e. The first kappa shape index (κ1) is 16.5. The van der Waals surface area contributed by atoms with Crippen molar-refractivity contribution in [2.75, 3.05) is 6.54 Å². The molecule has 0 aliphatic heterocycles. The van der Waals surface area contributed by atoms with Crippen LogP contribution in [0.1, 0.15) is 45.1 Å². The van der Waals surface area contributed by atoms with Crippen LogP contribution in [0.5, 0.6) is 0 Å². The van der Waals surface area contributed by atoms with Crippen LogP contribution >= 0.6 is 0 Å². The van der Waals surface area contributed by atoms with E-state index in [1.807, 2.05) is 0 Å². The Morgan fingerprint density at radius 3 is 2.05 bits per heavy atom. The van der Waals surface area contributed by atoms with Crippen LogP contribution in [0.3, 0.4) is 0 Å². The summed E-state index contributed by atoms with van der Waals surface area (Å²) in [6, 6.07) is 19.3. The molecule has 0 saturated heterocycles. The lowest BCUT2D eigenvalue weighted by Crippen LogP contribution is -1.95. The van der Waals surface area contributed by atoms with E-state index in [9.17, 15) is 0 Å². The van der Waals surface area contributed by atoms with Crippen LogP contribution in [-0.4, -0.2) is 6.54 Å². The molecule has 2 N–H and O–H groups in total. The van der Waals surface area contributed by atoms with Gasteiger partial charge < -0.3 is 5.73 Å². The van der Waals surface area contributed by atoms with Gasteiger partial charge in [0, 0.05) is 0 Å². The van der Waals surface area contributed by atoms with Crippen molar-refractivity contribution in [3.05, 3.63) is 60.2 Å². The Labute approximate surface area is 123 Å². The average Bonchev–Trinajstić information content (AvgIpc) is 2.50. The second kappa shape index (κ2) is 9.33. The fourth-order valence-electron chi connectivity index (χ4n) is 1.91. The first-order valence-electron chi connectivity index (χ1n) is 7.54. The summed E-state index contributed by atoms with van der Waals surface area (Å²) in [6.07, 6.45) is 2.39. The monoisotopic (exact) mass is 269 g/mol. The van der Waals surface area contributed by atoms with Gasteiger partial charge in [0.1, 0.15) is 0 Å². The molecule has 0 bridgehead atoms. The fourth-order valence-corrected chi connectivity index (χ4v) is 1.91. The molecular formula is C19H27N. The Morgan fingerprint density at radius 2 is 1.55 bits per heavy atom. The van der Waals surface area contributed by atoms with E-state index < -0.39 is 0 Å². The SMILES string of the molecule is CC(C)c1cccc(-c2ccccc2)c1.CCCCN. The molecule has 2 aromatic rings. The van der Waals surface area contributed by atoms with Crippen LogP contribution < -0.4 is 5.73 Å². The molecule has 1 nitrogen and oxygen atoms in total. The van der Waals surface area contributed by atoms with E-state index in [-0.39, 0.29) is 0 Å². The van der Waals surface area contributed by atoms with E-state index in [1.54, 1.807) is 0 Å². The molecule has 0 fully saturated rings. The van der Waals surface area contributed by atoms with Crippen molar-refractivity contribution < 1.29 is 0 Å². The maximum absolute atomic E-state index is 5.14. The Balaban J connectivity index is 0.000000347. The maximum atomic E-state index is 5.14. The summed E-state index contributed by atoms with van der Waals surface area (Å²) < 4.78 is 0. The van der Waals surface area contributed by atoms with Gasteiger partial charge in [0.25, 0.3) is 0 Å². The minimum absolute atomic E-state index is 0.591. The normalized spacial score (nSPS) is 10.1. The van der Waals surface area contributed by atoms with Crippen LogP contribution in [-0.2, 0) is 0 Å². The van der Waals surface area contributed by atoms with E-state index in [0.29, 0.717) is 5.92 Å². The molecule has 0 heterocycles. The standard InChI is InChI=1S/C15H16.C4H11N/c1-12(2)14-9-6-10-15(11-14)13-7-4-3-5-8-13;1-2-3-4-5/h3-12H,1-2H3;2-5H2,1H3. The molecule has 0 atom stereocenters. The maximum Gasteiger partial charge on any atom is -0.00774 e. The summed E-state index contributed by atoms with van der Waals surface area (Å²) in [4.78, 5) is 0. The van der Waals surface area contributed by atoms with Crippen LogP contribution in [0.2, 0.25) is 0 Å². The molecule has 0 spiro atoms. The predicted octanol–water partition coefficient (Wildman–Crippen LogP) is 5.22. The Bertz CT molecular complexity index is 472. The lowest BCUT2D eigenvalue weighted by Gasteiger charge is -2.08. The molecule has 0 radical (unpaired) electrons. The van der Waals surface area contributed by atoms with Gasteiger partial charge >= 0.3 is 0 Å². The van der Waals surface area contributed by atoms with Gasteiger partial charge in [-0.3, -0.25) is 0 Å². The average molecular weight is 269 g/mol. The predicted molar refractivity (Wildman–Crippen MR) is 89.9 cm³/mol. The molecule has 0 aliphatic carbocycles. The highest BCUT2D eigenvalue weighted by atomic mass is 14.5. The third kappa shape index (κ3) is 5.58. The smallest absolute Gasteiger partial charge is 0.00774 e. The zero-order valence-electron chi connectivity index (χ0n) is 13.0. The highest BCUT2D eigenvalue weighted by Crippen LogP contribution is 2.23. The van der Waals surface area contributed by atoms with E-state index in [2.05, 4.69) is 75.4 Å². The molecule has 1 heteroatoms. The second-order valence-electron chi connectivity index (χ2n) is 5.29. The van der Waals surface area contributed by atoms with Crippen molar-refractivity contribution >= 4 is 0 Å². The van der Waals surface area contributed by atoms with Gasteiger partial charge in [0.2, 0.25) is 0 Å². The van der Waals surface area contributed by atoms with E-state index in [1.165, 1.54) is 29.5 Å². The van der Waals surface area contributed by atoms with Gasteiger partial charge in [0.05, 0.1) is 0 Å². The molecular weight excluding hydrogens is 242 g/mol. The summed E-state index contributed by atoms with van der Waals surface area (Å²) in [5.74, 6) is 0.591. The zero-order valence-corrected chi connectivity index (χ0v) is 13.0. The van der Waals surface area contributed by atoms with Crippen molar-refractivity contribution in [3.63, 3.8) is 0 Å². The Hall–Kier alpha value is -1.60. The summed E-state index contributed by atoms with van der Waals surface area (Å²) >= 11 is 0. The third-order valence-electron chi connectivity index (χ3n) is 3.22. The highest BCUT2D eigenvalue weighted by Gasteiger charge is 2.01. The summed E-state index contributed by atoms with van der Waals surface area (Å²) in [5.41, 5.74) is 9.14. The van der Waals surface area contributed by atoms with Crippen molar-refractivity contribution in [1.82, 2.24) is 0 Å². The van der Waals surface area contributed by atoms with Gasteiger partial charge in [-0.1, -0.05) is 81.8 Å². The lowest BCUT2D eigenvalue weighted by molar-refractivity contribution is 0.807. The van der Waals surface area contributed by atoms with Crippen LogP contribution in [0.25, 0.3) is 11.1 Å². The van der Waals surface area contributed by atoms with Gasteiger partial charge in [-0.05, 0) is 35.6 Å². The zero-order chi connectivity index (χ0) is 14.8. The molecule has 2 rings (SSSR count). The van der Waals surface area contributed by atoms with Crippen LogP contribution in [0, 0.1) is 0 Å². The van der Waals surface area contributed by atoms with E-state index in [0.717, 1.165) is 6.54 Å². The van der Waals surface area contributed by atoms with Gasteiger partial charge in [-0.15, -0.1) is 0 Å². The largest absolute Gasteiger partial charge is 0.330 e. The molecule has 20 heavy (non-hydrogen) atoms. The fraction of sp³-hybridized carbons (Fsp3) is 0.368. The number of hydrogen-bond acceptors (Lipinski definition) is 1. The Morgan fingerprint density at radius 1 is 0.900 bits per heavy atom. The molecule has 108 valence electrons. The Kier molecular flexibility index (Phi) is 7.67. The van der Waals surface area contributed by atoms with Crippen LogP contribution in [0.4, 0.5) is 0 Å². The van der Waals surface area contributed by atoms with E-state index >= 15 is 0 Å². The highest BCUT2D eigenvalue weighted by molar-refractivity contribution is 5.64. The first-order valence-corrected chi connectivity index (χ1v) is 7.54. The molecule has 0 aliphatic rings. The van der Waals surface area contributed by atoms with Crippen LogP contribution in [0.15, 0.2) is 54.6 Å². The first-order chi connectivity index (χ1) is 9.69. The topological polar surface area (TPSA) is 26.0 Å². The summed E-state index contributed by atoms with van der Waals surface area (Å²) in [5, 5.41) is 0. The summed E-state index contributed by atoms with van der Waals surface area (Å²) in [7, 11) is 0. The molecule has 0 saturated carbocycles. The minimum atomic E-state index is 0.591. The molecule has 0 unspecified atom stereocenters. The molecule has 0 aromatic heterocycles. The second-order valence-corrected chi connectivity index (χ2v) is 5.29. The van der Waals surface area contributed by atoms with Gasteiger partial charge in [-0.25, -0.2) is 0 Å². The van der Waals surface area contributed by atoms with Crippen molar-refractivity contribution in [2.45, 2.75) is 39.5 Å². The number of nitrogens with two attached hydrogens (primary N) is 1. The third-order valence-corrected chi connectivity index (χ3v) is 3.22. The number of hydrogen-bond donors (Lipinski definition) is 1. The molecule has 0 amide bonds. The van der Waals surface area contributed by atoms with Gasteiger partial charge in [0.15, 0.2) is 0 Å². The quantitative estimate of drug-likeness (QED) is 0.809. The lowest BCUT2D eigenvalue weighted by atomic mass is 9.98. The van der Waals surface area contributed by atoms with Crippen molar-refractivity contribution in [1.29, 1.82) is 0 Å². The number of benzene rings is 2. The summed E-state index contributed by atoms with van der Waals surface area (Å²) in [6.45, 7) is 7.43. The van der Waals surface area contributed by atoms with E-state index in [4.69, 9.17) is 5.73 Å². The van der Waals surface area contributed by atoms with Crippen molar-refractivity contribution in [3.8, 4) is 11.1 Å². The van der Waals surface area contributed by atoms with Gasteiger partial charge in [-0.2, -0.15) is 0 Å². The number of unbranched alkanes of at least 4 members (excludes halogenated alkanes) is 1. The molecule has 2 aromatic carbocycles.